The first-order chi connectivity index (χ1) is 12.5. The van der Waals surface area contributed by atoms with Gasteiger partial charge in [-0.1, -0.05) is 30.3 Å². The van der Waals surface area contributed by atoms with Crippen molar-refractivity contribution in [3.63, 3.8) is 0 Å². The predicted octanol–water partition coefficient (Wildman–Crippen LogP) is 2.16. The van der Waals surface area contributed by atoms with Crippen molar-refractivity contribution in [2.24, 2.45) is 0 Å². The van der Waals surface area contributed by atoms with E-state index in [0.717, 1.165) is 10.8 Å². The highest BCUT2D eigenvalue weighted by molar-refractivity contribution is 7.89. The van der Waals surface area contributed by atoms with Gasteiger partial charge < -0.3 is 10.1 Å². The van der Waals surface area contributed by atoms with Crippen molar-refractivity contribution in [2.45, 2.75) is 4.90 Å². The van der Waals surface area contributed by atoms with Crippen LogP contribution in [0.1, 0.15) is 0 Å². The number of carbonyl (C=O) groups excluding carboxylic acids is 1. The molecular weight excluding hydrogens is 354 g/mol. The van der Waals surface area contributed by atoms with Crippen LogP contribution in [0, 0.1) is 0 Å². The molecule has 2 N–H and O–H groups in total. The minimum Gasteiger partial charge on any atom is -0.481 e. The molecule has 1 heterocycles. The van der Waals surface area contributed by atoms with E-state index >= 15 is 0 Å². The average Bonchev–Trinajstić information content (AvgIpc) is 2.67. The normalized spacial score (nSPS) is 11.3. The summed E-state index contributed by atoms with van der Waals surface area (Å²) in [6.07, 6.45) is 1.43. The lowest BCUT2D eigenvalue weighted by atomic mass is 10.1. The minimum atomic E-state index is -3.80. The van der Waals surface area contributed by atoms with Gasteiger partial charge in [-0.25, -0.2) is 18.1 Å². The first-order valence-corrected chi connectivity index (χ1v) is 9.24. The summed E-state index contributed by atoms with van der Waals surface area (Å²) in [4.78, 5) is 16.0. The molecule has 0 spiro atoms. The van der Waals surface area contributed by atoms with Crippen molar-refractivity contribution in [1.82, 2.24) is 9.71 Å². The lowest BCUT2D eigenvalue weighted by molar-refractivity contribution is -0.115. The van der Waals surface area contributed by atoms with Crippen molar-refractivity contribution in [3.05, 3.63) is 60.8 Å². The molecule has 2 aromatic carbocycles. The third kappa shape index (κ3) is 4.16. The Morgan fingerprint density at radius 3 is 2.54 bits per heavy atom. The van der Waals surface area contributed by atoms with Crippen LogP contribution in [0.25, 0.3) is 10.8 Å². The number of anilines is 1. The fourth-order valence-electron chi connectivity index (χ4n) is 2.36. The van der Waals surface area contributed by atoms with Gasteiger partial charge in [0.15, 0.2) is 0 Å². The number of amides is 1. The van der Waals surface area contributed by atoms with Gasteiger partial charge in [0.1, 0.15) is 0 Å². The van der Waals surface area contributed by atoms with Gasteiger partial charge in [-0.2, -0.15) is 0 Å². The van der Waals surface area contributed by atoms with Crippen LogP contribution in [0.4, 0.5) is 5.69 Å². The highest BCUT2D eigenvalue weighted by atomic mass is 32.2. The van der Waals surface area contributed by atoms with E-state index in [-0.39, 0.29) is 11.4 Å². The second-order valence-corrected chi connectivity index (χ2v) is 7.24. The van der Waals surface area contributed by atoms with Gasteiger partial charge in [-0.3, -0.25) is 4.79 Å². The van der Waals surface area contributed by atoms with E-state index in [1.54, 1.807) is 24.3 Å². The maximum absolute atomic E-state index is 12.4. The SMILES string of the molecule is COc1ccc(NC(=O)CNS(=O)(=O)c2ccc3ccccc3c2)cn1. The van der Waals surface area contributed by atoms with Crippen molar-refractivity contribution in [1.29, 1.82) is 0 Å². The predicted molar refractivity (Wildman–Crippen MR) is 98.6 cm³/mol. The van der Waals surface area contributed by atoms with Crippen LogP contribution in [0.15, 0.2) is 65.7 Å². The number of rotatable bonds is 6. The number of hydrogen-bond acceptors (Lipinski definition) is 5. The molecule has 3 rings (SSSR count). The zero-order valence-electron chi connectivity index (χ0n) is 14.0. The van der Waals surface area contributed by atoms with Gasteiger partial charge in [-0.05, 0) is 29.0 Å². The molecule has 0 radical (unpaired) electrons. The summed E-state index contributed by atoms with van der Waals surface area (Å²) < 4.78 is 32.0. The molecule has 0 saturated heterocycles. The summed E-state index contributed by atoms with van der Waals surface area (Å²) in [6.45, 7) is -0.388. The Kier molecular flexibility index (Phi) is 5.15. The van der Waals surface area contributed by atoms with Gasteiger partial charge in [-0.15, -0.1) is 0 Å². The van der Waals surface area contributed by atoms with Crippen LogP contribution >= 0.6 is 0 Å². The number of ether oxygens (including phenoxy) is 1. The molecule has 26 heavy (non-hydrogen) atoms. The Bertz CT molecular complexity index is 1030. The third-order valence-electron chi connectivity index (χ3n) is 3.68. The smallest absolute Gasteiger partial charge is 0.241 e. The number of nitrogens with zero attached hydrogens (tertiary/aromatic N) is 1. The van der Waals surface area contributed by atoms with E-state index in [1.165, 1.54) is 19.4 Å². The average molecular weight is 371 g/mol. The number of methoxy groups -OCH3 is 1. The summed E-state index contributed by atoms with van der Waals surface area (Å²) in [5.74, 6) is -0.0821. The molecule has 0 saturated carbocycles. The Morgan fingerprint density at radius 2 is 1.85 bits per heavy atom. The highest BCUT2D eigenvalue weighted by Gasteiger charge is 2.16. The van der Waals surface area contributed by atoms with Crippen molar-refractivity contribution in [2.75, 3.05) is 19.0 Å². The molecule has 0 unspecified atom stereocenters. The molecule has 1 aromatic heterocycles. The van der Waals surface area contributed by atoms with Crippen LogP contribution in [0.2, 0.25) is 0 Å². The summed E-state index contributed by atoms with van der Waals surface area (Å²) in [5.41, 5.74) is 0.445. The number of pyridine rings is 1. The Balaban J connectivity index is 1.65. The number of fused-ring (bicyclic) bond motifs is 1. The summed E-state index contributed by atoms with van der Waals surface area (Å²) in [7, 11) is -2.31. The molecule has 0 aliphatic carbocycles. The number of sulfonamides is 1. The number of aromatic nitrogens is 1. The van der Waals surface area contributed by atoms with Crippen LogP contribution in [-0.4, -0.2) is 33.0 Å². The zero-order chi connectivity index (χ0) is 18.6. The molecule has 3 aromatic rings. The van der Waals surface area contributed by atoms with Gasteiger partial charge in [0.2, 0.25) is 21.8 Å². The molecule has 134 valence electrons. The molecule has 7 nitrogen and oxygen atoms in total. The Labute approximate surface area is 151 Å². The van der Waals surface area contributed by atoms with Gasteiger partial charge in [0.25, 0.3) is 0 Å². The summed E-state index contributed by atoms with van der Waals surface area (Å²) >= 11 is 0. The topological polar surface area (TPSA) is 97.4 Å². The van der Waals surface area contributed by atoms with Crippen molar-refractivity contribution < 1.29 is 17.9 Å². The maximum Gasteiger partial charge on any atom is 0.241 e. The van der Waals surface area contributed by atoms with Crippen LogP contribution in [0.3, 0.4) is 0 Å². The van der Waals surface area contributed by atoms with Crippen LogP contribution in [-0.2, 0) is 14.8 Å². The quantitative estimate of drug-likeness (QED) is 0.692. The number of carbonyl (C=O) groups is 1. The maximum atomic E-state index is 12.4. The Morgan fingerprint density at radius 1 is 1.08 bits per heavy atom. The molecule has 0 bridgehead atoms. The lowest BCUT2D eigenvalue weighted by Crippen LogP contribution is -2.32. The van der Waals surface area contributed by atoms with E-state index in [9.17, 15) is 13.2 Å². The van der Waals surface area contributed by atoms with Crippen molar-refractivity contribution >= 4 is 32.4 Å². The van der Waals surface area contributed by atoms with Crippen molar-refractivity contribution in [3.8, 4) is 5.88 Å². The summed E-state index contributed by atoms with van der Waals surface area (Å²) in [5, 5.41) is 4.31. The zero-order valence-corrected chi connectivity index (χ0v) is 14.8. The largest absolute Gasteiger partial charge is 0.481 e. The monoisotopic (exact) mass is 371 g/mol. The van der Waals surface area contributed by atoms with Gasteiger partial charge in [0.05, 0.1) is 30.4 Å². The lowest BCUT2D eigenvalue weighted by Gasteiger charge is -2.09. The molecule has 0 fully saturated rings. The molecular formula is C18H17N3O4S. The van der Waals surface area contributed by atoms with Gasteiger partial charge >= 0.3 is 0 Å². The van der Waals surface area contributed by atoms with E-state index in [1.807, 2.05) is 24.3 Å². The van der Waals surface area contributed by atoms with E-state index < -0.39 is 15.9 Å². The molecule has 1 amide bonds. The molecule has 0 aliphatic rings. The number of nitrogens with one attached hydrogen (secondary N) is 2. The van der Waals surface area contributed by atoms with Crippen LogP contribution < -0.4 is 14.8 Å². The second-order valence-electron chi connectivity index (χ2n) is 5.47. The number of benzene rings is 2. The van der Waals surface area contributed by atoms with E-state index in [0.29, 0.717) is 11.6 Å². The fourth-order valence-corrected chi connectivity index (χ4v) is 3.38. The molecule has 0 aliphatic heterocycles. The Hall–Kier alpha value is -2.97. The molecule has 0 atom stereocenters. The van der Waals surface area contributed by atoms with Crippen LogP contribution in [0.5, 0.6) is 5.88 Å². The standard InChI is InChI=1S/C18H17N3O4S/c1-25-18-9-7-15(11-19-18)21-17(22)12-20-26(23,24)16-8-6-13-4-2-3-5-14(13)10-16/h2-11,20H,12H2,1H3,(H,21,22). The fraction of sp³-hybridized carbons (Fsp3) is 0.111. The van der Waals surface area contributed by atoms with Gasteiger partial charge in [0, 0.05) is 6.07 Å². The first-order valence-electron chi connectivity index (χ1n) is 7.76. The minimum absolute atomic E-state index is 0.107. The number of hydrogen-bond donors (Lipinski definition) is 2. The van der Waals surface area contributed by atoms with E-state index in [4.69, 9.17) is 4.74 Å². The summed E-state index contributed by atoms with van der Waals surface area (Å²) in [6, 6.07) is 15.5. The third-order valence-corrected chi connectivity index (χ3v) is 5.08. The highest BCUT2D eigenvalue weighted by Crippen LogP contribution is 2.18. The van der Waals surface area contributed by atoms with E-state index in [2.05, 4.69) is 15.0 Å². The molecule has 8 heteroatoms. The second kappa shape index (κ2) is 7.51. The first kappa shape index (κ1) is 17.8.